The quantitative estimate of drug-likeness (QED) is 0.689. The third-order valence-corrected chi connectivity index (χ3v) is 2.56. The lowest BCUT2D eigenvalue weighted by atomic mass is 10.2. The maximum absolute atomic E-state index is 5.63. The summed E-state index contributed by atoms with van der Waals surface area (Å²) in [5.41, 5.74) is 0. The molecule has 1 saturated carbocycles. The van der Waals surface area contributed by atoms with Crippen LogP contribution in [0.2, 0.25) is 0 Å². The molecule has 0 saturated heterocycles. The number of rotatable bonds is 4. The summed E-state index contributed by atoms with van der Waals surface area (Å²) < 4.78 is 0. The lowest BCUT2D eigenvalue weighted by molar-refractivity contribution is 0.500. The van der Waals surface area contributed by atoms with E-state index in [4.69, 9.17) is 11.6 Å². The molecule has 0 aromatic carbocycles. The zero-order valence-corrected chi connectivity index (χ0v) is 7.99. The van der Waals surface area contributed by atoms with Gasteiger partial charge in [0.1, 0.15) is 0 Å². The van der Waals surface area contributed by atoms with Crippen molar-refractivity contribution in [1.82, 2.24) is 5.32 Å². The monoisotopic (exact) mass is 173 g/mol. The van der Waals surface area contributed by atoms with Crippen molar-refractivity contribution >= 4 is 11.6 Å². The lowest BCUT2D eigenvalue weighted by Crippen LogP contribution is -2.29. The average molecular weight is 174 g/mol. The Bertz CT molecular complexity index is 156. The zero-order valence-electron chi connectivity index (χ0n) is 7.23. The van der Waals surface area contributed by atoms with Crippen molar-refractivity contribution in [2.24, 2.45) is 11.8 Å². The first kappa shape index (κ1) is 9.08. The molecule has 0 spiro atoms. The van der Waals surface area contributed by atoms with E-state index in [9.17, 15) is 0 Å². The highest BCUT2D eigenvalue weighted by molar-refractivity contribution is 6.29. The smallest absolute Gasteiger partial charge is 0.0310 e. The van der Waals surface area contributed by atoms with Crippen LogP contribution in [0.15, 0.2) is 11.6 Å². The van der Waals surface area contributed by atoms with Gasteiger partial charge >= 0.3 is 0 Å². The van der Waals surface area contributed by atoms with Crippen molar-refractivity contribution in [3.63, 3.8) is 0 Å². The van der Waals surface area contributed by atoms with Crippen molar-refractivity contribution in [3.05, 3.63) is 11.6 Å². The van der Waals surface area contributed by atoms with Gasteiger partial charge in [0.15, 0.2) is 0 Å². The molecule has 0 aromatic heterocycles. The Hall–Kier alpha value is -0.0100. The van der Waals surface area contributed by atoms with E-state index in [0.29, 0.717) is 11.1 Å². The van der Waals surface area contributed by atoms with Crippen LogP contribution in [-0.4, -0.2) is 12.6 Å². The molecule has 0 bridgehead atoms. The van der Waals surface area contributed by atoms with Crippen LogP contribution in [0.3, 0.4) is 0 Å². The second kappa shape index (κ2) is 3.59. The van der Waals surface area contributed by atoms with Gasteiger partial charge in [-0.25, -0.2) is 0 Å². The molecule has 0 aromatic rings. The topological polar surface area (TPSA) is 12.0 Å². The fourth-order valence-electron chi connectivity index (χ4n) is 1.47. The molecule has 2 heteroatoms. The molecular weight excluding hydrogens is 158 g/mol. The van der Waals surface area contributed by atoms with Gasteiger partial charge in [-0.15, -0.1) is 0 Å². The second-order valence-electron chi connectivity index (χ2n) is 3.56. The van der Waals surface area contributed by atoms with Crippen LogP contribution < -0.4 is 5.32 Å². The molecular formula is C9H16ClN. The first-order chi connectivity index (χ1) is 5.11. The molecule has 3 unspecified atom stereocenters. The van der Waals surface area contributed by atoms with Gasteiger partial charge in [0.25, 0.3) is 0 Å². The molecule has 0 heterocycles. The van der Waals surface area contributed by atoms with Crippen LogP contribution in [0, 0.1) is 11.8 Å². The fourth-order valence-corrected chi connectivity index (χ4v) is 1.55. The van der Waals surface area contributed by atoms with Crippen LogP contribution in [0.25, 0.3) is 0 Å². The first-order valence-corrected chi connectivity index (χ1v) is 4.55. The molecule has 11 heavy (non-hydrogen) atoms. The van der Waals surface area contributed by atoms with Crippen molar-refractivity contribution < 1.29 is 0 Å². The van der Waals surface area contributed by atoms with E-state index in [-0.39, 0.29) is 0 Å². The van der Waals surface area contributed by atoms with E-state index in [1.807, 2.05) is 0 Å². The number of hydrogen-bond donors (Lipinski definition) is 1. The normalized spacial score (nSPS) is 31.5. The van der Waals surface area contributed by atoms with Gasteiger partial charge in [-0.05, 0) is 25.2 Å². The Morgan fingerprint density at radius 2 is 2.36 bits per heavy atom. The van der Waals surface area contributed by atoms with E-state index in [1.165, 1.54) is 6.42 Å². The molecule has 3 atom stereocenters. The molecule has 1 nitrogen and oxygen atoms in total. The van der Waals surface area contributed by atoms with Crippen LogP contribution in [0.1, 0.15) is 20.3 Å². The van der Waals surface area contributed by atoms with Crippen LogP contribution in [0.5, 0.6) is 0 Å². The van der Waals surface area contributed by atoms with Crippen molar-refractivity contribution in [2.45, 2.75) is 26.3 Å². The van der Waals surface area contributed by atoms with Crippen molar-refractivity contribution in [1.29, 1.82) is 0 Å². The summed E-state index contributed by atoms with van der Waals surface area (Å²) in [4.78, 5) is 0. The minimum absolute atomic E-state index is 0.598. The number of hydrogen-bond acceptors (Lipinski definition) is 1. The predicted octanol–water partition coefficient (Wildman–Crippen LogP) is 2.37. The van der Waals surface area contributed by atoms with Crippen LogP contribution in [-0.2, 0) is 0 Å². The Morgan fingerprint density at radius 1 is 1.82 bits per heavy atom. The van der Waals surface area contributed by atoms with E-state index >= 15 is 0 Å². The Morgan fingerprint density at radius 3 is 2.73 bits per heavy atom. The fraction of sp³-hybridized carbons (Fsp3) is 0.778. The summed E-state index contributed by atoms with van der Waals surface area (Å²) in [6.07, 6.45) is 1.36. The summed E-state index contributed by atoms with van der Waals surface area (Å²) in [6, 6.07) is 0.598. The van der Waals surface area contributed by atoms with Gasteiger partial charge in [0, 0.05) is 17.6 Å². The molecule has 1 rings (SSSR count). The molecule has 0 radical (unpaired) electrons. The van der Waals surface area contributed by atoms with E-state index in [2.05, 4.69) is 25.7 Å². The maximum atomic E-state index is 5.63. The third kappa shape index (κ3) is 2.84. The van der Waals surface area contributed by atoms with Gasteiger partial charge in [0.2, 0.25) is 0 Å². The molecule has 0 aliphatic heterocycles. The van der Waals surface area contributed by atoms with Gasteiger partial charge in [0.05, 0.1) is 0 Å². The maximum Gasteiger partial charge on any atom is 0.0310 e. The molecule has 1 aliphatic rings. The first-order valence-electron chi connectivity index (χ1n) is 4.18. The molecule has 1 fully saturated rings. The SMILES string of the molecule is C=C(Cl)CNC(C)C1CC1C. The van der Waals surface area contributed by atoms with Crippen molar-refractivity contribution in [3.8, 4) is 0 Å². The van der Waals surface area contributed by atoms with Gasteiger partial charge in [-0.3, -0.25) is 0 Å². The Labute approximate surface area is 73.8 Å². The van der Waals surface area contributed by atoms with Crippen molar-refractivity contribution in [2.75, 3.05) is 6.54 Å². The van der Waals surface area contributed by atoms with Crippen LogP contribution >= 0.6 is 11.6 Å². The number of nitrogens with one attached hydrogen (secondary N) is 1. The molecule has 64 valence electrons. The van der Waals surface area contributed by atoms with E-state index < -0.39 is 0 Å². The molecule has 0 amide bonds. The van der Waals surface area contributed by atoms with Gasteiger partial charge in [-0.2, -0.15) is 0 Å². The Kier molecular flexibility index (Phi) is 2.97. The van der Waals surface area contributed by atoms with Gasteiger partial charge in [-0.1, -0.05) is 25.1 Å². The molecule has 1 aliphatic carbocycles. The molecule has 1 N–H and O–H groups in total. The minimum Gasteiger partial charge on any atom is -0.309 e. The highest BCUT2D eigenvalue weighted by atomic mass is 35.5. The third-order valence-electron chi connectivity index (χ3n) is 2.43. The lowest BCUT2D eigenvalue weighted by Gasteiger charge is -2.11. The van der Waals surface area contributed by atoms with Crippen LogP contribution in [0.4, 0.5) is 0 Å². The average Bonchev–Trinajstić information content (AvgIpc) is 2.61. The van der Waals surface area contributed by atoms with Gasteiger partial charge < -0.3 is 5.32 Å². The zero-order chi connectivity index (χ0) is 8.43. The van der Waals surface area contributed by atoms with E-state index in [0.717, 1.165) is 18.4 Å². The summed E-state index contributed by atoms with van der Waals surface area (Å²) >= 11 is 5.63. The summed E-state index contributed by atoms with van der Waals surface area (Å²) in [5, 5.41) is 4.04. The highest BCUT2D eigenvalue weighted by Crippen LogP contribution is 2.40. The number of halogens is 1. The highest BCUT2D eigenvalue weighted by Gasteiger charge is 2.36. The largest absolute Gasteiger partial charge is 0.309 e. The standard InChI is InChI=1S/C9H16ClN/c1-6-4-9(6)8(3)11-5-7(2)10/h6,8-9,11H,2,4-5H2,1,3H3. The second-order valence-corrected chi connectivity index (χ2v) is 4.10. The summed E-state index contributed by atoms with van der Waals surface area (Å²) in [5.74, 6) is 1.77. The predicted molar refractivity (Wildman–Crippen MR) is 49.7 cm³/mol. The van der Waals surface area contributed by atoms with E-state index in [1.54, 1.807) is 0 Å². The summed E-state index contributed by atoms with van der Waals surface area (Å²) in [6.45, 7) is 8.88. The minimum atomic E-state index is 0.598. The Balaban J connectivity index is 2.11. The summed E-state index contributed by atoms with van der Waals surface area (Å²) in [7, 11) is 0.